The first-order valence-electron chi connectivity index (χ1n) is 8.57. The first kappa shape index (κ1) is 19.4. The van der Waals surface area contributed by atoms with E-state index in [-0.39, 0.29) is 31.2 Å². The van der Waals surface area contributed by atoms with E-state index in [0.29, 0.717) is 20.6 Å². The van der Waals surface area contributed by atoms with E-state index in [1.54, 1.807) is 47.9 Å². The number of nitro benzene ring substituents is 1. The fourth-order valence-electron chi connectivity index (χ4n) is 2.65. The molecular weight excluding hydrogens is 382 g/mol. The monoisotopic (exact) mass is 399 g/mol. The van der Waals surface area contributed by atoms with Gasteiger partial charge < -0.3 is 9.30 Å². The maximum absolute atomic E-state index is 12.5. The lowest BCUT2D eigenvalue weighted by molar-refractivity contribution is -0.384. The number of nitrogens with zero attached hydrogens (tertiary/aromatic N) is 3. The van der Waals surface area contributed by atoms with Crippen LogP contribution in [-0.2, 0) is 16.1 Å². The van der Waals surface area contributed by atoms with Crippen LogP contribution < -0.4 is 4.80 Å². The number of aromatic nitrogens is 1. The molecule has 144 valence electrons. The van der Waals surface area contributed by atoms with Gasteiger partial charge in [-0.3, -0.25) is 19.7 Å². The minimum Gasteiger partial charge on any atom is -0.466 e. The molecule has 0 fully saturated rings. The van der Waals surface area contributed by atoms with Crippen molar-refractivity contribution in [3.05, 3.63) is 69.0 Å². The number of hydrogen-bond donors (Lipinski definition) is 0. The van der Waals surface area contributed by atoms with Crippen molar-refractivity contribution in [2.24, 2.45) is 4.99 Å². The van der Waals surface area contributed by atoms with E-state index in [0.717, 1.165) is 11.3 Å². The molecular formula is C19H17N3O5S. The molecule has 9 heteroatoms. The van der Waals surface area contributed by atoms with Crippen LogP contribution in [-0.4, -0.2) is 28.0 Å². The summed E-state index contributed by atoms with van der Waals surface area (Å²) in [7, 11) is 0. The van der Waals surface area contributed by atoms with Crippen LogP contribution in [0.4, 0.5) is 5.69 Å². The molecule has 0 aliphatic rings. The minimum atomic E-state index is -0.478. The number of carbonyl (C=O) groups excluding carboxylic acids is 2. The van der Waals surface area contributed by atoms with Crippen molar-refractivity contribution in [3.63, 3.8) is 0 Å². The standard InChI is InChI=1S/C19H17N3O5S/c1-2-27-17(23)10-11-21-15-9-8-14(22(25)26)12-16(15)28-19(21)20-18(24)13-6-4-3-5-7-13/h3-9,12H,2,10-11H2,1H3. The van der Waals surface area contributed by atoms with E-state index in [4.69, 9.17) is 4.74 Å². The Balaban J connectivity index is 2.06. The second kappa shape index (κ2) is 8.57. The predicted molar refractivity (Wildman–Crippen MR) is 104 cm³/mol. The molecule has 2 aromatic carbocycles. The molecule has 28 heavy (non-hydrogen) atoms. The van der Waals surface area contributed by atoms with Crippen molar-refractivity contribution in [2.45, 2.75) is 19.9 Å². The zero-order valence-electron chi connectivity index (χ0n) is 15.0. The number of non-ortho nitro benzene ring substituents is 1. The van der Waals surface area contributed by atoms with E-state index >= 15 is 0 Å². The van der Waals surface area contributed by atoms with E-state index in [2.05, 4.69) is 4.99 Å². The van der Waals surface area contributed by atoms with Gasteiger partial charge in [-0.05, 0) is 25.1 Å². The fourth-order valence-corrected chi connectivity index (χ4v) is 3.73. The lowest BCUT2D eigenvalue weighted by Gasteiger charge is -2.05. The summed E-state index contributed by atoms with van der Waals surface area (Å²) >= 11 is 1.16. The Morgan fingerprint density at radius 1 is 1.21 bits per heavy atom. The van der Waals surface area contributed by atoms with E-state index < -0.39 is 10.8 Å². The fraction of sp³-hybridized carbons (Fsp3) is 0.211. The summed E-state index contributed by atoms with van der Waals surface area (Å²) in [5.41, 5.74) is 1.05. The third-order valence-corrected chi connectivity index (χ3v) is 4.98. The number of hydrogen-bond acceptors (Lipinski definition) is 6. The summed E-state index contributed by atoms with van der Waals surface area (Å²) in [6, 6.07) is 13.0. The third kappa shape index (κ3) is 4.32. The number of fused-ring (bicyclic) bond motifs is 1. The molecule has 8 nitrogen and oxygen atoms in total. The number of benzene rings is 2. The van der Waals surface area contributed by atoms with Crippen molar-refractivity contribution in [1.29, 1.82) is 0 Å². The molecule has 0 spiro atoms. The molecule has 1 aromatic heterocycles. The van der Waals surface area contributed by atoms with Crippen molar-refractivity contribution < 1.29 is 19.2 Å². The van der Waals surface area contributed by atoms with E-state index in [9.17, 15) is 19.7 Å². The first-order chi connectivity index (χ1) is 13.5. The maximum atomic E-state index is 12.5. The summed E-state index contributed by atoms with van der Waals surface area (Å²) in [5, 5.41) is 11.1. The third-order valence-electron chi connectivity index (χ3n) is 3.94. The van der Waals surface area contributed by atoms with Crippen molar-refractivity contribution >= 4 is 39.1 Å². The molecule has 3 rings (SSSR count). The Bertz CT molecular complexity index is 1100. The number of ether oxygens (including phenoxy) is 1. The summed E-state index contributed by atoms with van der Waals surface area (Å²) in [4.78, 5) is 39.4. The molecule has 0 bridgehead atoms. The SMILES string of the molecule is CCOC(=O)CCn1c(=NC(=O)c2ccccc2)sc2cc([N+](=O)[O-])ccc21. The van der Waals surface area contributed by atoms with Gasteiger partial charge in [0.1, 0.15) is 0 Å². The van der Waals surface area contributed by atoms with Gasteiger partial charge in [0.25, 0.3) is 11.6 Å². The number of rotatable bonds is 6. The molecule has 1 heterocycles. The van der Waals surface area contributed by atoms with Gasteiger partial charge in [-0.25, -0.2) is 0 Å². The highest BCUT2D eigenvalue weighted by molar-refractivity contribution is 7.16. The molecule has 1 amide bonds. The van der Waals surface area contributed by atoms with Crippen LogP contribution in [0.15, 0.2) is 53.5 Å². The van der Waals surface area contributed by atoms with Gasteiger partial charge in [0.2, 0.25) is 0 Å². The van der Waals surface area contributed by atoms with E-state index in [1.807, 2.05) is 0 Å². The quantitative estimate of drug-likeness (QED) is 0.359. The summed E-state index contributed by atoms with van der Waals surface area (Å²) in [6.45, 7) is 2.25. The van der Waals surface area contributed by atoms with Crippen LogP contribution in [0.2, 0.25) is 0 Å². The van der Waals surface area contributed by atoms with Crippen molar-refractivity contribution in [1.82, 2.24) is 4.57 Å². The van der Waals surface area contributed by atoms with Gasteiger partial charge in [0.15, 0.2) is 4.80 Å². The van der Waals surface area contributed by atoms with Crippen LogP contribution in [0.3, 0.4) is 0 Å². The topological polar surface area (TPSA) is 104 Å². The van der Waals surface area contributed by atoms with Crippen LogP contribution in [0.5, 0.6) is 0 Å². The largest absolute Gasteiger partial charge is 0.466 e. The van der Waals surface area contributed by atoms with Gasteiger partial charge >= 0.3 is 5.97 Å². The Kier molecular flexibility index (Phi) is 5.95. The van der Waals surface area contributed by atoms with Crippen LogP contribution >= 0.6 is 11.3 Å². The zero-order chi connectivity index (χ0) is 20.1. The summed E-state index contributed by atoms with van der Waals surface area (Å²) in [5.74, 6) is -0.789. The number of esters is 1. The first-order valence-corrected chi connectivity index (χ1v) is 9.38. The average Bonchev–Trinajstić information content (AvgIpc) is 3.03. The number of amides is 1. The lowest BCUT2D eigenvalue weighted by atomic mass is 10.2. The summed E-state index contributed by atoms with van der Waals surface area (Å²) < 4.78 is 7.28. The number of nitro groups is 1. The molecule has 0 unspecified atom stereocenters. The van der Waals surface area contributed by atoms with E-state index in [1.165, 1.54) is 12.1 Å². The molecule has 0 saturated heterocycles. The molecule has 0 N–H and O–H groups in total. The lowest BCUT2D eigenvalue weighted by Crippen LogP contribution is -2.19. The zero-order valence-corrected chi connectivity index (χ0v) is 15.8. The predicted octanol–water partition coefficient (Wildman–Crippen LogP) is 3.31. The average molecular weight is 399 g/mol. The normalized spacial score (nSPS) is 11.5. The molecule has 0 aliphatic heterocycles. The second-order valence-corrected chi connectivity index (χ2v) is 6.79. The van der Waals surface area contributed by atoms with Crippen molar-refractivity contribution in [3.8, 4) is 0 Å². The number of thiazole rings is 1. The van der Waals surface area contributed by atoms with Crippen LogP contribution in [0, 0.1) is 10.1 Å². The Hall–Kier alpha value is -3.33. The highest BCUT2D eigenvalue weighted by Gasteiger charge is 2.14. The maximum Gasteiger partial charge on any atom is 0.307 e. The molecule has 0 aliphatic carbocycles. The minimum absolute atomic E-state index is 0.0489. The second-order valence-electron chi connectivity index (χ2n) is 5.78. The molecule has 0 atom stereocenters. The molecule has 0 radical (unpaired) electrons. The highest BCUT2D eigenvalue weighted by Crippen LogP contribution is 2.23. The number of carbonyl (C=O) groups is 2. The Morgan fingerprint density at radius 2 is 1.96 bits per heavy atom. The Morgan fingerprint density at radius 3 is 2.64 bits per heavy atom. The number of aryl methyl sites for hydroxylation is 1. The van der Waals surface area contributed by atoms with Gasteiger partial charge in [0.05, 0.1) is 28.2 Å². The van der Waals surface area contributed by atoms with Crippen LogP contribution in [0.25, 0.3) is 10.2 Å². The van der Waals surface area contributed by atoms with Gasteiger partial charge in [-0.1, -0.05) is 29.5 Å². The van der Waals surface area contributed by atoms with Gasteiger partial charge in [-0.15, -0.1) is 0 Å². The van der Waals surface area contributed by atoms with Crippen molar-refractivity contribution in [2.75, 3.05) is 6.61 Å². The van der Waals surface area contributed by atoms with Crippen LogP contribution in [0.1, 0.15) is 23.7 Å². The van der Waals surface area contributed by atoms with Gasteiger partial charge in [-0.2, -0.15) is 4.99 Å². The summed E-state index contributed by atoms with van der Waals surface area (Å²) in [6.07, 6.45) is 0.101. The van der Waals surface area contributed by atoms with Gasteiger partial charge in [0, 0.05) is 24.2 Å². The molecule has 0 saturated carbocycles. The smallest absolute Gasteiger partial charge is 0.307 e. The molecule has 3 aromatic rings. The highest BCUT2D eigenvalue weighted by atomic mass is 32.1. The Labute approximate surface area is 163 Å².